The number of morpholine rings is 1. The Morgan fingerprint density at radius 1 is 1.29 bits per heavy atom. The molecule has 3 rings (SSSR count). The lowest BCUT2D eigenvalue weighted by Crippen LogP contribution is -2.47. The van der Waals surface area contributed by atoms with E-state index in [0.717, 1.165) is 31.4 Å². The van der Waals surface area contributed by atoms with Crippen LogP contribution in [0.2, 0.25) is 0 Å². The summed E-state index contributed by atoms with van der Waals surface area (Å²) < 4.78 is 44.2. The van der Waals surface area contributed by atoms with Crippen LogP contribution in [0.4, 0.5) is 13.2 Å². The Kier molecular flexibility index (Phi) is 4.83. The number of alkyl halides is 3. The molecule has 2 fully saturated rings. The number of rotatable bonds is 2. The van der Waals surface area contributed by atoms with E-state index in [1.165, 1.54) is 6.07 Å². The van der Waals surface area contributed by atoms with E-state index in [9.17, 15) is 18.0 Å². The normalized spacial score (nSPS) is 28.2. The minimum Gasteiger partial charge on any atom is -0.370 e. The Labute approximate surface area is 138 Å². The van der Waals surface area contributed by atoms with Gasteiger partial charge in [-0.1, -0.05) is 18.6 Å². The zero-order valence-corrected chi connectivity index (χ0v) is 13.3. The van der Waals surface area contributed by atoms with Crippen LogP contribution in [0.1, 0.15) is 36.5 Å². The molecule has 0 bridgehead atoms. The van der Waals surface area contributed by atoms with Crippen molar-refractivity contribution >= 4 is 5.91 Å². The van der Waals surface area contributed by atoms with E-state index in [4.69, 9.17) is 10.5 Å². The molecule has 1 aliphatic carbocycles. The van der Waals surface area contributed by atoms with Crippen LogP contribution in [0.5, 0.6) is 0 Å². The van der Waals surface area contributed by atoms with Crippen molar-refractivity contribution in [2.45, 2.75) is 37.6 Å². The molecule has 1 aromatic rings. The predicted octanol–water partition coefficient (Wildman–Crippen LogP) is 2.73. The monoisotopic (exact) mass is 342 g/mol. The third-order valence-corrected chi connectivity index (χ3v) is 4.85. The third-order valence-electron chi connectivity index (χ3n) is 4.85. The number of halogens is 3. The first kappa shape index (κ1) is 17.2. The molecule has 0 radical (unpaired) electrons. The molecule has 4 nitrogen and oxygen atoms in total. The Bertz CT molecular complexity index is 606. The molecule has 0 aromatic heterocycles. The highest BCUT2D eigenvalue weighted by Gasteiger charge is 2.36. The van der Waals surface area contributed by atoms with E-state index in [-0.39, 0.29) is 24.4 Å². The summed E-state index contributed by atoms with van der Waals surface area (Å²) in [5.41, 5.74) is 5.74. The molecular weight excluding hydrogens is 321 g/mol. The number of amides is 1. The molecule has 1 aromatic carbocycles. The quantitative estimate of drug-likeness (QED) is 0.899. The molecule has 1 aliphatic heterocycles. The number of ether oxygens (including phenoxy) is 1. The van der Waals surface area contributed by atoms with Crippen molar-refractivity contribution in [2.75, 3.05) is 19.7 Å². The predicted molar refractivity (Wildman–Crippen MR) is 82.0 cm³/mol. The Morgan fingerprint density at radius 3 is 2.75 bits per heavy atom. The van der Waals surface area contributed by atoms with Crippen LogP contribution in [-0.4, -0.2) is 36.5 Å². The van der Waals surface area contributed by atoms with Gasteiger partial charge in [0.25, 0.3) is 0 Å². The molecule has 1 saturated carbocycles. The molecule has 132 valence electrons. The highest BCUT2D eigenvalue weighted by atomic mass is 19.4. The van der Waals surface area contributed by atoms with Crippen LogP contribution in [0.3, 0.4) is 0 Å². The standard InChI is InChI=1S/C17H21F3N2O2/c18-17(19,20)12-4-1-3-11(9-12)15-10-22(7-8-24-15)16(23)13-5-2-6-14(13)21/h1,3-4,9,13-15H,2,5-8,10,21H2/t13-,14+,15+/m0/s1. The van der Waals surface area contributed by atoms with Gasteiger partial charge in [0.2, 0.25) is 5.91 Å². The summed E-state index contributed by atoms with van der Waals surface area (Å²) in [7, 11) is 0. The molecule has 2 aliphatic rings. The largest absolute Gasteiger partial charge is 0.416 e. The van der Waals surface area contributed by atoms with Gasteiger partial charge in [-0.25, -0.2) is 0 Å². The number of carbonyl (C=O) groups is 1. The maximum absolute atomic E-state index is 12.9. The fourth-order valence-electron chi connectivity index (χ4n) is 3.50. The first-order chi connectivity index (χ1) is 11.4. The summed E-state index contributed by atoms with van der Waals surface area (Å²) in [5, 5.41) is 0. The van der Waals surface area contributed by atoms with Gasteiger partial charge >= 0.3 is 6.18 Å². The summed E-state index contributed by atoms with van der Waals surface area (Å²) in [6.07, 6.45) is -2.36. The molecule has 24 heavy (non-hydrogen) atoms. The van der Waals surface area contributed by atoms with Crippen LogP contribution in [0.25, 0.3) is 0 Å². The second kappa shape index (κ2) is 6.72. The highest BCUT2D eigenvalue weighted by molar-refractivity contribution is 5.80. The summed E-state index contributed by atoms with van der Waals surface area (Å²) in [6.45, 7) is 1.04. The summed E-state index contributed by atoms with van der Waals surface area (Å²) in [6, 6.07) is 4.99. The van der Waals surface area contributed by atoms with Crippen molar-refractivity contribution in [2.24, 2.45) is 11.7 Å². The van der Waals surface area contributed by atoms with E-state index >= 15 is 0 Å². The summed E-state index contributed by atoms with van der Waals surface area (Å²) in [4.78, 5) is 14.3. The highest BCUT2D eigenvalue weighted by Crippen LogP contribution is 2.33. The number of hydrogen-bond acceptors (Lipinski definition) is 3. The molecule has 1 saturated heterocycles. The second-order valence-corrected chi connectivity index (χ2v) is 6.47. The van der Waals surface area contributed by atoms with E-state index in [1.807, 2.05) is 0 Å². The lowest BCUT2D eigenvalue weighted by molar-refractivity contribution is -0.144. The molecule has 0 spiro atoms. The van der Waals surface area contributed by atoms with Gasteiger partial charge < -0.3 is 15.4 Å². The zero-order chi connectivity index (χ0) is 17.3. The average molecular weight is 342 g/mol. The molecule has 0 unspecified atom stereocenters. The van der Waals surface area contributed by atoms with E-state index in [2.05, 4.69) is 0 Å². The van der Waals surface area contributed by atoms with Crippen molar-refractivity contribution in [3.8, 4) is 0 Å². The van der Waals surface area contributed by atoms with Crippen LogP contribution in [0, 0.1) is 5.92 Å². The topological polar surface area (TPSA) is 55.6 Å². The van der Waals surface area contributed by atoms with E-state index in [1.54, 1.807) is 11.0 Å². The molecule has 2 N–H and O–H groups in total. The number of nitrogens with two attached hydrogens (primary N) is 1. The van der Waals surface area contributed by atoms with Crippen molar-refractivity contribution in [1.29, 1.82) is 0 Å². The molecule has 1 amide bonds. The van der Waals surface area contributed by atoms with E-state index in [0.29, 0.717) is 18.7 Å². The van der Waals surface area contributed by atoms with E-state index < -0.39 is 17.8 Å². The van der Waals surface area contributed by atoms with Crippen molar-refractivity contribution in [1.82, 2.24) is 4.90 Å². The van der Waals surface area contributed by atoms with Gasteiger partial charge in [-0.2, -0.15) is 13.2 Å². The molecule has 3 atom stereocenters. The third kappa shape index (κ3) is 3.57. The first-order valence-electron chi connectivity index (χ1n) is 8.19. The minimum atomic E-state index is -4.39. The van der Waals surface area contributed by atoms with Crippen molar-refractivity contribution in [3.05, 3.63) is 35.4 Å². The van der Waals surface area contributed by atoms with Gasteiger partial charge in [-0.05, 0) is 30.5 Å². The maximum atomic E-state index is 12.9. The fourth-order valence-corrected chi connectivity index (χ4v) is 3.50. The number of benzene rings is 1. The van der Waals surface area contributed by atoms with Crippen molar-refractivity contribution < 1.29 is 22.7 Å². The summed E-state index contributed by atoms with van der Waals surface area (Å²) >= 11 is 0. The van der Waals surface area contributed by atoms with Crippen LogP contribution in [0.15, 0.2) is 24.3 Å². The number of hydrogen-bond donors (Lipinski definition) is 1. The smallest absolute Gasteiger partial charge is 0.370 e. The zero-order valence-electron chi connectivity index (χ0n) is 13.3. The first-order valence-corrected chi connectivity index (χ1v) is 8.19. The van der Waals surface area contributed by atoms with Crippen LogP contribution >= 0.6 is 0 Å². The molecular formula is C17H21F3N2O2. The van der Waals surface area contributed by atoms with Gasteiger partial charge in [-0.3, -0.25) is 4.79 Å². The lowest BCUT2D eigenvalue weighted by Gasteiger charge is -2.35. The lowest BCUT2D eigenvalue weighted by atomic mass is 10.0. The second-order valence-electron chi connectivity index (χ2n) is 6.47. The van der Waals surface area contributed by atoms with Gasteiger partial charge in [0.05, 0.1) is 24.6 Å². The average Bonchev–Trinajstić information content (AvgIpc) is 3.00. The molecule has 1 heterocycles. The van der Waals surface area contributed by atoms with Gasteiger partial charge in [0.1, 0.15) is 6.10 Å². The van der Waals surface area contributed by atoms with Gasteiger partial charge in [0.15, 0.2) is 0 Å². The Hall–Kier alpha value is -1.60. The van der Waals surface area contributed by atoms with Crippen molar-refractivity contribution in [3.63, 3.8) is 0 Å². The van der Waals surface area contributed by atoms with Crippen LogP contribution < -0.4 is 5.73 Å². The maximum Gasteiger partial charge on any atom is 0.416 e. The summed E-state index contributed by atoms with van der Waals surface area (Å²) in [5.74, 6) is -0.175. The molecule has 7 heteroatoms. The minimum absolute atomic E-state index is 0.000256. The Morgan fingerprint density at radius 2 is 2.08 bits per heavy atom. The fraction of sp³-hybridized carbons (Fsp3) is 0.588. The Balaban J connectivity index is 1.73. The number of carbonyl (C=O) groups excluding carboxylic acids is 1. The van der Waals surface area contributed by atoms with Crippen LogP contribution in [-0.2, 0) is 15.7 Å². The number of nitrogens with zero attached hydrogens (tertiary/aromatic N) is 1. The van der Waals surface area contributed by atoms with Gasteiger partial charge in [-0.15, -0.1) is 0 Å². The SMILES string of the molecule is N[C@@H]1CCC[C@@H]1C(=O)N1CCO[C@@H](c2cccc(C(F)(F)F)c2)C1. The van der Waals surface area contributed by atoms with Gasteiger partial charge in [0, 0.05) is 12.6 Å².